The van der Waals surface area contributed by atoms with Gasteiger partial charge in [0, 0.05) is 32.0 Å². The molecule has 3 nitrogen and oxygen atoms in total. The van der Waals surface area contributed by atoms with Gasteiger partial charge < -0.3 is 10.0 Å². The van der Waals surface area contributed by atoms with Gasteiger partial charge in [0.05, 0.1) is 0 Å². The molecule has 1 aromatic heterocycles. The lowest BCUT2D eigenvalue weighted by Crippen LogP contribution is -2.29. The molecule has 0 aliphatic carbocycles. The number of carbonyl (C=O) groups excluding carboxylic acids is 1. The van der Waals surface area contributed by atoms with Crippen LogP contribution in [0.25, 0.3) is 0 Å². The molecule has 0 spiro atoms. The monoisotopic (exact) mass is 239 g/mol. The standard InChI is InChI=1S/C12H17NO2S/c14-8-11-3-5-13(7-11)12(15)2-1-10-4-6-16-9-10/h4,6,9,11,14H,1-3,5,7-8H2/t11-/m0/s1. The Kier molecular flexibility index (Phi) is 3.96. The van der Waals surface area contributed by atoms with Crippen LogP contribution in [0.5, 0.6) is 0 Å². The number of amides is 1. The lowest BCUT2D eigenvalue weighted by atomic mass is 10.1. The highest BCUT2D eigenvalue weighted by atomic mass is 32.1. The number of likely N-dealkylation sites (tertiary alicyclic amines) is 1. The average molecular weight is 239 g/mol. The number of rotatable bonds is 4. The maximum atomic E-state index is 11.8. The molecule has 0 aromatic carbocycles. The van der Waals surface area contributed by atoms with Gasteiger partial charge in [-0.2, -0.15) is 11.3 Å². The SMILES string of the molecule is O=C(CCc1ccsc1)N1CC[C@H](CO)C1. The first-order valence-corrected chi connectivity index (χ1v) is 6.63. The normalized spacial score (nSPS) is 20.3. The van der Waals surface area contributed by atoms with Gasteiger partial charge in [0.2, 0.25) is 5.91 Å². The van der Waals surface area contributed by atoms with Crippen molar-refractivity contribution in [3.63, 3.8) is 0 Å². The van der Waals surface area contributed by atoms with Crippen LogP contribution in [-0.2, 0) is 11.2 Å². The molecule has 2 rings (SSSR count). The Hall–Kier alpha value is -0.870. The Labute approximate surface area is 99.7 Å². The number of hydrogen-bond donors (Lipinski definition) is 1. The van der Waals surface area contributed by atoms with Crippen LogP contribution in [0, 0.1) is 5.92 Å². The zero-order valence-corrected chi connectivity index (χ0v) is 10.1. The maximum Gasteiger partial charge on any atom is 0.222 e. The molecule has 1 atom stereocenters. The first kappa shape index (κ1) is 11.6. The third kappa shape index (κ3) is 2.83. The van der Waals surface area contributed by atoms with Gasteiger partial charge in [0.1, 0.15) is 0 Å². The van der Waals surface area contributed by atoms with E-state index in [1.54, 1.807) is 11.3 Å². The largest absolute Gasteiger partial charge is 0.396 e. The first-order valence-electron chi connectivity index (χ1n) is 5.69. The molecule has 0 unspecified atom stereocenters. The van der Waals surface area contributed by atoms with Crippen LogP contribution in [-0.4, -0.2) is 35.6 Å². The van der Waals surface area contributed by atoms with E-state index in [0.717, 1.165) is 25.9 Å². The molecule has 1 aromatic rings. The second kappa shape index (κ2) is 5.46. The molecule has 1 aliphatic heterocycles. The van der Waals surface area contributed by atoms with Crippen LogP contribution in [0.15, 0.2) is 16.8 Å². The van der Waals surface area contributed by atoms with Gasteiger partial charge in [0.15, 0.2) is 0 Å². The number of thiophene rings is 1. The van der Waals surface area contributed by atoms with E-state index >= 15 is 0 Å². The summed E-state index contributed by atoms with van der Waals surface area (Å²) in [5, 5.41) is 13.1. The van der Waals surface area contributed by atoms with E-state index < -0.39 is 0 Å². The summed E-state index contributed by atoms with van der Waals surface area (Å²) in [7, 11) is 0. The molecule has 0 radical (unpaired) electrons. The number of aliphatic hydroxyl groups excluding tert-OH is 1. The summed E-state index contributed by atoms with van der Waals surface area (Å²) in [4.78, 5) is 13.7. The minimum atomic E-state index is 0.203. The van der Waals surface area contributed by atoms with Crippen molar-refractivity contribution in [2.24, 2.45) is 5.92 Å². The topological polar surface area (TPSA) is 40.5 Å². The molecule has 4 heteroatoms. The molecule has 1 fully saturated rings. The van der Waals surface area contributed by atoms with Crippen molar-refractivity contribution in [3.8, 4) is 0 Å². The maximum absolute atomic E-state index is 11.8. The van der Waals surface area contributed by atoms with Crippen molar-refractivity contribution < 1.29 is 9.90 Å². The smallest absolute Gasteiger partial charge is 0.222 e. The van der Waals surface area contributed by atoms with E-state index in [1.165, 1.54) is 5.56 Å². The third-order valence-corrected chi connectivity index (χ3v) is 3.84. The van der Waals surface area contributed by atoms with Gasteiger partial charge in [-0.3, -0.25) is 4.79 Å². The molecule has 1 amide bonds. The van der Waals surface area contributed by atoms with E-state index in [1.807, 2.05) is 10.3 Å². The van der Waals surface area contributed by atoms with Crippen LogP contribution in [0.2, 0.25) is 0 Å². The summed E-state index contributed by atoms with van der Waals surface area (Å²) in [5.74, 6) is 0.521. The molecule has 88 valence electrons. The molecule has 0 bridgehead atoms. The van der Waals surface area contributed by atoms with Crippen molar-refractivity contribution in [2.75, 3.05) is 19.7 Å². The second-order valence-electron chi connectivity index (χ2n) is 4.31. The first-order chi connectivity index (χ1) is 7.79. The zero-order chi connectivity index (χ0) is 11.4. The van der Waals surface area contributed by atoms with E-state index in [0.29, 0.717) is 12.3 Å². The Morgan fingerprint density at radius 2 is 2.50 bits per heavy atom. The summed E-state index contributed by atoms with van der Waals surface area (Å²) in [5.41, 5.74) is 1.25. The fraction of sp³-hybridized carbons (Fsp3) is 0.583. The molecule has 1 aliphatic rings. The third-order valence-electron chi connectivity index (χ3n) is 3.10. The van der Waals surface area contributed by atoms with Crippen LogP contribution in [0.3, 0.4) is 0 Å². The van der Waals surface area contributed by atoms with E-state index in [-0.39, 0.29) is 12.5 Å². The Balaban J connectivity index is 1.76. The van der Waals surface area contributed by atoms with Gasteiger partial charge >= 0.3 is 0 Å². The predicted molar refractivity (Wildman–Crippen MR) is 64.4 cm³/mol. The number of hydrogen-bond acceptors (Lipinski definition) is 3. The predicted octanol–water partition coefficient (Wildman–Crippen LogP) is 1.52. The van der Waals surface area contributed by atoms with E-state index in [4.69, 9.17) is 5.11 Å². The summed E-state index contributed by atoms with van der Waals surface area (Å²) >= 11 is 1.67. The summed E-state index contributed by atoms with van der Waals surface area (Å²) < 4.78 is 0. The van der Waals surface area contributed by atoms with E-state index in [2.05, 4.69) is 11.4 Å². The summed E-state index contributed by atoms with van der Waals surface area (Å²) in [6.45, 7) is 1.75. The summed E-state index contributed by atoms with van der Waals surface area (Å²) in [6, 6.07) is 2.07. The second-order valence-corrected chi connectivity index (χ2v) is 5.09. The fourth-order valence-electron chi connectivity index (χ4n) is 2.05. The lowest BCUT2D eigenvalue weighted by molar-refractivity contribution is -0.130. The average Bonchev–Trinajstić information content (AvgIpc) is 2.96. The number of carbonyl (C=O) groups is 1. The van der Waals surface area contributed by atoms with Crippen molar-refractivity contribution in [2.45, 2.75) is 19.3 Å². The minimum absolute atomic E-state index is 0.203. The van der Waals surface area contributed by atoms with Crippen molar-refractivity contribution >= 4 is 17.2 Å². The molecule has 1 N–H and O–H groups in total. The molecule has 2 heterocycles. The molecule has 0 saturated carbocycles. The molecule has 16 heavy (non-hydrogen) atoms. The number of aliphatic hydroxyl groups is 1. The van der Waals surface area contributed by atoms with Crippen LogP contribution in [0.4, 0.5) is 0 Å². The Morgan fingerprint density at radius 1 is 1.62 bits per heavy atom. The van der Waals surface area contributed by atoms with Crippen LogP contribution >= 0.6 is 11.3 Å². The lowest BCUT2D eigenvalue weighted by Gasteiger charge is -2.15. The van der Waals surface area contributed by atoms with Crippen molar-refractivity contribution in [1.29, 1.82) is 0 Å². The Bertz CT molecular complexity index is 337. The Morgan fingerprint density at radius 3 is 3.12 bits per heavy atom. The van der Waals surface area contributed by atoms with Crippen LogP contribution in [0.1, 0.15) is 18.4 Å². The van der Waals surface area contributed by atoms with Crippen molar-refractivity contribution in [3.05, 3.63) is 22.4 Å². The highest BCUT2D eigenvalue weighted by molar-refractivity contribution is 7.07. The van der Waals surface area contributed by atoms with Crippen LogP contribution < -0.4 is 0 Å². The van der Waals surface area contributed by atoms with Gasteiger partial charge in [-0.25, -0.2) is 0 Å². The highest BCUT2D eigenvalue weighted by Crippen LogP contribution is 2.17. The molecular weight excluding hydrogens is 222 g/mol. The quantitative estimate of drug-likeness (QED) is 0.865. The van der Waals surface area contributed by atoms with Gasteiger partial charge in [-0.15, -0.1) is 0 Å². The highest BCUT2D eigenvalue weighted by Gasteiger charge is 2.24. The van der Waals surface area contributed by atoms with Crippen molar-refractivity contribution in [1.82, 2.24) is 4.90 Å². The molecular formula is C12H17NO2S. The number of aryl methyl sites for hydroxylation is 1. The zero-order valence-electron chi connectivity index (χ0n) is 9.26. The van der Waals surface area contributed by atoms with E-state index in [9.17, 15) is 4.79 Å². The van der Waals surface area contributed by atoms with Gasteiger partial charge in [-0.05, 0) is 35.2 Å². The van der Waals surface area contributed by atoms with Gasteiger partial charge in [0.25, 0.3) is 0 Å². The minimum Gasteiger partial charge on any atom is -0.396 e. The fourth-order valence-corrected chi connectivity index (χ4v) is 2.76. The molecule has 1 saturated heterocycles. The van der Waals surface area contributed by atoms with Gasteiger partial charge in [-0.1, -0.05) is 0 Å². The number of nitrogens with zero attached hydrogens (tertiary/aromatic N) is 1. The summed E-state index contributed by atoms with van der Waals surface area (Å²) in [6.07, 6.45) is 2.37.